The highest BCUT2D eigenvalue weighted by Crippen LogP contribution is 2.03. The van der Waals surface area contributed by atoms with Crippen LogP contribution in [0.1, 0.15) is 29.3 Å². The average Bonchev–Trinajstić information content (AvgIpc) is 2.54. The summed E-state index contributed by atoms with van der Waals surface area (Å²) in [7, 11) is -1.33. The van der Waals surface area contributed by atoms with E-state index in [1.54, 1.807) is 13.1 Å². The summed E-state index contributed by atoms with van der Waals surface area (Å²) in [6.07, 6.45) is 1.73. The molecule has 0 heterocycles. The Kier molecular flexibility index (Phi) is 11.5. The van der Waals surface area contributed by atoms with Gasteiger partial charge >= 0.3 is 0 Å². The molecule has 148 valence electrons. The third kappa shape index (κ3) is 10.6. The summed E-state index contributed by atoms with van der Waals surface area (Å²) in [5.41, 5.74) is 1.68. The monoisotopic (exact) mass is 496 g/mol. The van der Waals surface area contributed by atoms with Gasteiger partial charge in [-0.25, -0.2) is 8.42 Å². The Morgan fingerprint density at radius 3 is 2.46 bits per heavy atom. The number of hydrogen-bond acceptors (Lipinski definition) is 4. The van der Waals surface area contributed by atoms with Crippen LogP contribution >= 0.6 is 24.0 Å². The number of amides is 1. The molecule has 26 heavy (non-hydrogen) atoms. The third-order valence-electron chi connectivity index (χ3n) is 3.51. The van der Waals surface area contributed by atoms with Crippen molar-refractivity contribution in [1.29, 1.82) is 0 Å². The maximum atomic E-state index is 12.0. The van der Waals surface area contributed by atoms with E-state index in [4.69, 9.17) is 0 Å². The first kappa shape index (κ1) is 24.6. The van der Waals surface area contributed by atoms with Crippen LogP contribution in [-0.4, -0.2) is 58.5 Å². The lowest BCUT2D eigenvalue weighted by Gasteiger charge is -2.17. The van der Waals surface area contributed by atoms with E-state index >= 15 is 0 Å². The Labute approximate surface area is 173 Å². The molecule has 3 N–H and O–H groups in total. The fraction of sp³-hybridized carbons (Fsp3) is 0.529. The molecule has 1 rings (SSSR count). The van der Waals surface area contributed by atoms with E-state index < -0.39 is 9.84 Å². The Balaban J connectivity index is 0.00000625. The van der Waals surface area contributed by atoms with Crippen molar-refractivity contribution in [2.75, 3.05) is 32.1 Å². The second-order valence-corrected chi connectivity index (χ2v) is 8.35. The molecule has 0 fully saturated rings. The van der Waals surface area contributed by atoms with Crippen LogP contribution in [0.15, 0.2) is 29.3 Å². The summed E-state index contributed by atoms with van der Waals surface area (Å²) >= 11 is 0. The Bertz CT molecular complexity index is 708. The number of rotatable bonds is 8. The second-order valence-electron chi connectivity index (χ2n) is 6.09. The minimum atomic E-state index is -2.97. The topological polar surface area (TPSA) is 99.7 Å². The minimum absolute atomic E-state index is 0. The van der Waals surface area contributed by atoms with Crippen LogP contribution in [0.3, 0.4) is 0 Å². The van der Waals surface area contributed by atoms with E-state index in [-0.39, 0.29) is 41.7 Å². The normalized spacial score (nSPS) is 12.7. The van der Waals surface area contributed by atoms with Crippen molar-refractivity contribution in [2.24, 2.45) is 4.99 Å². The van der Waals surface area contributed by atoms with Crippen LogP contribution in [0.2, 0.25) is 0 Å². The number of aryl methyl sites for hydroxylation is 1. The molecule has 0 radical (unpaired) electrons. The zero-order valence-electron chi connectivity index (χ0n) is 15.7. The second kappa shape index (κ2) is 12.1. The van der Waals surface area contributed by atoms with Gasteiger partial charge in [0.1, 0.15) is 9.84 Å². The molecule has 0 spiro atoms. The number of aliphatic imine (C=N–C) groups is 1. The van der Waals surface area contributed by atoms with Crippen molar-refractivity contribution in [3.05, 3.63) is 35.4 Å². The quantitative estimate of drug-likeness (QED) is 0.218. The zero-order valence-corrected chi connectivity index (χ0v) is 18.9. The molecule has 0 bridgehead atoms. The molecule has 9 heteroatoms. The molecule has 0 aromatic heterocycles. The van der Waals surface area contributed by atoms with Gasteiger partial charge in [0.15, 0.2) is 5.96 Å². The lowest BCUT2D eigenvalue weighted by molar-refractivity contribution is 0.0954. The van der Waals surface area contributed by atoms with E-state index in [0.29, 0.717) is 31.0 Å². The SMILES string of the molecule is CN=C(NCCNC(=O)c1cccc(C)c1)NC(C)CCS(C)(=O)=O.I. The predicted octanol–water partition coefficient (Wildman–Crippen LogP) is 1.33. The van der Waals surface area contributed by atoms with Crippen molar-refractivity contribution < 1.29 is 13.2 Å². The first-order valence-electron chi connectivity index (χ1n) is 8.21. The summed E-state index contributed by atoms with van der Waals surface area (Å²) in [4.78, 5) is 16.1. The van der Waals surface area contributed by atoms with E-state index in [1.165, 1.54) is 6.26 Å². The van der Waals surface area contributed by atoms with Crippen LogP contribution in [0, 0.1) is 6.92 Å². The zero-order chi connectivity index (χ0) is 18.9. The summed E-state index contributed by atoms with van der Waals surface area (Å²) in [5.74, 6) is 0.589. The van der Waals surface area contributed by atoms with Crippen LogP contribution in [0.4, 0.5) is 0 Å². The molecule has 1 atom stereocenters. The fourth-order valence-electron chi connectivity index (χ4n) is 2.14. The number of nitrogens with zero attached hydrogens (tertiary/aromatic N) is 1. The van der Waals surface area contributed by atoms with Gasteiger partial charge in [-0.2, -0.15) is 0 Å². The number of sulfone groups is 1. The van der Waals surface area contributed by atoms with Crippen molar-refractivity contribution in [3.63, 3.8) is 0 Å². The Morgan fingerprint density at radius 1 is 1.23 bits per heavy atom. The summed E-state index contributed by atoms with van der Waals surface area (Å²) < 4.78 is 22.4. The van der Waals surface area contributed by atoms with Gasteiger partial charge in [0.2, 0.25) is 0 Å². The third-order valence-corrected chi connectivity index (χ3v) is 4.49. The maximum absolute atomic E-state index is 12.0. The van der Waals surface area contributed by atoms with E-state index in [2.05, 4.69) is 20.9 Å². The highest BCUT2D eigenvalue weighted by Gasteiger charge is 2.09. The number of halogens is 1. The predicted molar refractivity (Wildman–Crippen MR) is 117 cm³/mol. The lowest BCUT2D eigenvalue weighted by Crippen LogP contribution is -2.45. The van der Waals surface area contributed by atoms with Gasteiger partial charge in [0.05, 0.1) is 5.75 Å². The molecule has 1 amide bonds. The van der Waals surface area contributed by atoms with Crippen molar-refractivity contribution in [2.45, 2.75) is 26.3 Å². The average molecular weight is 496 g/mol. The van der Waals surface area contributed by atoms with Gasteiger partial charge in [0.25, 0.3) is 5.91 Å². The summed E-state index contributed by atoms with van der Waals surface area (Å²) in [6.45, 7) is 4.80. The molecule has 1 aromatic rings. The first-order chi connectivity index (χ1) is 11.7. The van der Waals surface area contributed by atoms with Crippen molar-refractivity contribution >= 4 is 45.7 Å². The molecular weight excluding hydrogens is 467 g/mol. The van der Waals surface area contributed by atoms with Crippen LogP contribution in [0.25, 0.3) is 0 Å². The highest BCUT2D eigenvalue weighted by molar-refractivity contribution is 14.0. The van der Waals surface area contributed by atoms with Crippen LogP contribution in [0.5, 0.6) is 0 Å². The van der Waals surface area contributed by atoms with Gasteiger partial charge in [0, 0.05) is 38.0 Å². The Morgan fingerprint density at radius 2 is 1.88 bits per heavy atom. The van der Waals surface area contributed by atoms with Gasteiger partial charge < -0.3 is 16.0 Å². The standard InChI is InChI=1S/C17H28N4O3S.HI/c1-13-6-5-7-15(12-13)16(22)19-9-10-20-17(18-3)21-14(2)8-11-25(4,23)24;/h5-7,12,14H,8-11H2,1-4H3,(H,19,22)(H2,18,20,21);1H. The number of nitrogens with one attached hydrogen (secondary N) is 3. The van der Waals surface area contributed by atoms with Crippen molar-refractivity contribution in [3.8, 4) is 0 Å². The van der Waals surface area contributed by atoms with Crippen LogP contribution < -0.4 is 16.0 Å². The van der Waals surface area contributed by atoms with E-state index in [1.807, 2.05) is 32.0 Å². The molecule has 0 aliphatic heterocycles. The maximum Gasteiger partial charge on any atom is 0.251 e. The molecule has 0 saturated heterocycles. The summed E-state index contributed by atoms with van der Waals surface area (Å²) in [6, 6.07) is 7.39. The van der Waals surface area contributed by atoms with Gasteiger partial charge in [-0.15, -0.1) is 24.0 Å². The summed E-state index contributed by atoms with van der Waals surface area (Å²) in [5, 5.41) is 9.06. The minimum Gasteiger partial charge on any atom is -0.355 e. The van der Waals surface area contributed by atoms with Gasteiger partial charge in [-0.1, -0.05) is 17.7 Å². The van der Waals surface area contributed by atoms with E-state index in [9.17, 15) is 13.2 Å². The van der Waals surface area contributed by atoms with Crippen molar-refractivity contribution in [1.82, 2.24) is 16.0 Å². The molecule has 0 saturated carbocycles. The van der Waals surface area contributed by atoms with Gasteiger partial charge in [-0.05, 0) is 32.4 Å². The number of carbonyl (C=O) groups is 1. The molecule has 1 unspecified atom stereocenters. The number of guanidine groups is 1. The Hall–Kier alpha value is -1.36. The molecule has 7 nitrogen and oxygen atoms in total. The molecule has 1 aromatic carbocycles. The number of benzene rings is 1. The number of hydrogen-bond donors (Lipinski definition) is 3. The fourth-order valence-corrected chi connectivity index (χ4v) is 2.92. The van der Waals surface area contributed by atoms with Gasteiger partial charge in [-0.3, -0.25) is 9.79 Å². The largest absolute Gasteiger partial charge is 0.355 e. The first-order valence-corrected chi connectivity index (χ1v) is 10.3. The molecular formula is C17H29IN4O3S. The number of carbonyl (C=O) groups excluding carboxylic acids is 1. The van der Waals surface area contributed by atoms with E-state index in [0.717, 1.165) is 5.56 Å². The molecule has 0 aliphatic rings. The smallest absolute Gasteiger partial charge is 0.251 e. The molecule has 0 aliphatic carbocycles. The highest BCUT2D eigenvalue weighted by atomic mass is 127. The van der Waals surface area contributed by atoms with Crippen LogP contribution in [-0.2, 0) is 9.84 Å². The lowest BCUT2D eigenvalue weighted by atomic mass is 10.1.